The van der Waals surface area contributed by atoms with Crippen LogP contribution in [0.15, 0.2) is 47.8 Å². The number of hydrogen-bond acceptors (Lipinski definition) is 3. The van der Waals surface area contributed by atoms with Gasteiger partial charge in [-0.25, -0.2) is 4.98 Å². The molecule has 1 aromatic heterocycles. The van der Waals surface area contributed by atoms with Gasteiger partial charge in [0.25, 0.3) is 0 Å². The number of hydrogen-bond donors (Lipinski definition) is 1. The van der Waals surface area contributed by atoms with Crippen LogP contribution in [0.5, 0.6) is 0 Å². The van der Waals surface area contributed by atoms with Gasteiger partial charge >= 0.3 is 12.4 Å². The number of aromatic nitrogens is 1. The van der Waals surface area contributed by atoms with Crippen molar-refractivity contribution in [3.8, 4) is 11.3 Å². The van der Waals surface area contributed by atoms with Gasteiger partial charge in [0.05, 0.1) is 16.8 Å². The van der Waals surface area contributed by atoms with Gasteiger partial charge < -0.3 is 5.32 Å². The number of nitrogens with zero attached hydrogens (tertiary/aromatic N) is 1. The van der Waals surface area contributed by atoms with E-state index in [2.05, 4.69) is 32.9 Å². The number of anilines is 2. The Morgan fingerprint density at radius 1 is 0.857 bits per heavy atom. The molecule has 150 valence electrons. The Hall–Kier alpha value is -1.34. The fourth-order valence-corrected chi connectivity index (χ4v) is 3.33. The SMILES string of the molecule is Br.FC(F)(F)c1cc(Nc2nc(-c3ccc(I)cc3)cs2)cc(C(F)(F)F)c1. The first-order valence-corrected chi connectivity index (χ1v) is 9.26. The van der Waals surface area contributed by atoms with Gasteiger partial charge in [-0.1, -0.05) is 12.1 Å². The summed E-state index contributed by atoms with van der Waals surface area (Å²) in [5, 5.41) is 4.40. The van der Waals surface area contributed by atoms with Crippen LogP contribution in [0.1, 0.15) is 11.1 Å². The number of alkyl halides is 6. The van der Waals surface area contributed by atoms with Gasteiger partial charge in [0.1, 0.15) is 0 Å². The van der Waals surface area contributed by atoms with Crippen molar-refractivity contribution < 1.29 is 26.3 Å². The van der Waals surface area contributed by atoms with E-state index >= 15 is 0 Å². The Bertz CT molecular complexity index is 921. The highest BCUT2D eigenvalue weighted by atomic mass is 127. The average Bonchev–Trinajstić information content (AvgIpc) is 3.02. The quantitative estimate of drug-likeness (QED) is 0.247. The topological polar surface area (TPSA) is 24.9 Å². The molecule has 3 rings (SSSR count). The van der Waals surface area contributed by atoms with Crippen LogP contribution in [-0.4, -0.2) is 4.98 Å². The molecule has 0 radical (unpaired) electrons. The van der Waals surface area contributed by atoms with Gasteiger partial charge in [0.2, 0.25) is 0 Å². The summed E-state index contributed by atoms with van der Waals surface area (Å²) in [6.45, 7) is 0. The van der Waals surface area contributed by atoms with Gasteiger partial charge in [0.15, 0.2) is 5.13 Å². The van der Waals surface area contributed by atoms with Crippen LogP contribution in [0.2, 0.25) is 0 Å². The monoisotopic (exact) mass is 594 g/mol. The van der Waals surface area contributed by atoms with Crippen LogP contribution < -0.4 is 5.32 Å². The van der Waals surface area contributed by atoms with Gasteiger partial charge in [-0.05, 0) is 52.9 Å². The first-order valence-electron chi connectivity index (χ1n) is 7.30. The molecule has 0 bridgehead atoms. The zero-order chi connectivity index (χ0) is 19.8. The minimum atomic E-state index is -4.90. The van der Waals surface area contributed by atoms with Crippen LogP contribution in [0.3, 0.4) is 0 Å². The fourth-order valence-electron chi connectivity index (χ4n) is 2.23. The molecule has 0 saturated carbocycles. The summed E-state index contributed by atoms with van der Waals surface area (Å²) < 4.78 is 78.6. The number of nitrogens with one attached hydrogen (secondary N) is 1. The Morgan fingerprint density at radius 2 is 1.39 bits per heavy atom. The summed E-state index contributed by atoms with van der Waals surface area (Å²) >= 11 is 3.22. The van der Waals surface area contributed by atoms with Crippen molar-refractivity contribution in [2.24, 2.45) is 0 Å². The van der Waals surface area contributed by atoms with Crippen molar-refractivity contribution in [3.63, 3.8) is 0 Å². The summed E-state index contributed by atoms with van der Waals surface area (Å²) in [7, 11) is 0. The summed E-state index contributed by atoms with van der Waals surface area (Å²) in [6, 6.07) is 8.72. The standard InChI is InChI=1S/C17H9F6IN2S.BrH/c18-16(19,20)10-5-11(17(21,22)23)7-13(6-10)25-15-26-14(8-27-15)9-1-3-12(24)4-2-9;/h1-8H,(H,25,26);1H. The molecule has 1 heterocycles. The molecule has 0 aliphatic carbocycles. The second-order valence-corrected chi connectivity index (χ2v) is 7.57. The molecule has 0 saturated heterocycles. The molecule has 0 spiro atoms. The van der Waals surface area contributed by atoms with Gasteiger partial charge in [-0.2, -0.15) is 26.3 Å². The normalized spacial score (nSPS) is 11.8. The maximum absolute atomic E-state index is 12.9. The van der Waals surface area contributed by atoms with Crippen LogP contribution in [0.25, 0.3) is 11.3 Å². The van der Waals surface area contributed by atoms with Gasteiger partial charge in [-0.15, -0.1) is 28.3 Å². The zero-order valence-electron chi connectivity index (χ0n) is 13.5. The molecule has 2 aromatic carbocycles. The number of halogens is 8. The summed E-state index contributed by atoms with van der Waals surface area (Å²) in [5.41, 5.74) is -1.73. The maximum Gasteiger partial charge on any atom is 0.416 e. The summed E-state index contributed by atoms with van der Waals surface area (Å²) in [4.78, 5) is 4.23. The first-order chi connectivity index (χ1) is 12.5. The molecular formula is C17H10BrF6IN2S. The third kappa shape index (κ3) is 5.60. The van der Waals surface area contributed by atoms with E-state index in [-0.39, 0.29) is 33.9 Å². The molecule has 0 aliphatic heterocycles. The molecule has 0 unspecified atom stereocenters. The number of thiazole rings is 1. The zero-order valence-corrected chi connectivity index (χ0v) is 18.2. The lowest BCUT2D eigenvalue weighted by Gasteiger charge is -2.14. The second-order valence-electron chi connectivity index (χ2n) is 5.46. The lowest BCUT2D eigenvalue weighted by Crippen LogP contribution is -2.11. The predicted octanol–water partition coefficient (Wildman–Crippen LogP) is 7.77. The largest absolute Gasteiger partial charge is 0.416 e. The van der Waals surface area contributed by atoms with Crippen LogP contribution in [0.4, 0.5) is 37.2 Å². The number of benzene rings is 2. The molecule has 2 nitrogen and oxygen atoms in total. The van der Waals surface area contributed by atoms with E-state index < -0.39 is 23.5 Å². The average molecular weight is 595 g/mol. The fraction of sp³-hybridized carbons (Fsp3) is 0.118. The van der Waals surface area contributed by atoms with Gasteiger partial charge in [0, 0.05) is 20.2 Å². The molecule has 0 aliphatic rings. The summed E-state index contributed by atoms with van der Waals surface area (Å²) in [6.07, 6.45) is -9.79. The van der Waals surface area contributed by atoms with E-state index in [0.29, 0.717) is 17.8 Å². The minimum absolute atomic E-state index is 0. The van der Waals surface area contributed by atoms with Crippen molar-refractivity contribution in [2.75, 3.05) is 5.32 Å². The lowest BCUT2D eigenvalue weighted by atomic mass is 10.1. The van der Waals surface area contributed by atoms with Crippen molar-refractivity contribution in [3.05, 3.63) is 62.5 Å². The second kappa shape index (κ2) is 8.57. The van der Waals surface area contributed by atoms with E-state index in [4.69, 9.17) is 0 Å². The maximum atomic E-state index is 12.9. The molecule has 1 N–H and O–H groups in total. The van der Waals surface area contributed by atoms with Crippen LogP contribution in [-0.2, 0) is 12.4 Å². The molecule has 3 aromatic rings. The predicted molar refractivity (Wildman–Crippen MR) is 110 cm³/mol. The van der Waals surface area contributed by atoms with E-state index in [1.807, 2.05) is 24.3 Å². The molecule has 0 amide bonds. The lowest BCUT2D eigenvalue weighted by molar-refractivity contribution is -0.143. The van der Waals surface area contributed by atoms with Crippen LogP contribution in [0, 0.1) is 3.57 Å². The van der Waals surface area contributed by atoms with E-state index in [1.54, 1.807) is 5.38 Å². The third-order valence-corrected chi connectivity index (χ3v) is 4.96. The number of rotatable bonds is 3. The van der Waals surface area contributed by atoms with Crippen molar-refractivity contribution >= 4 is 61.7 Å². The molecule has 0 atom stereocenters. The van der Waals surface area contributed by atoms with E-state index in [9.17, 15) is 26.3 Å². The highest BCUT2D eigenvalue weighted by molar-refractivity contribution is 14.1. The third-order valence-electron chi connectivity index (χ3n) is 3.48. The summed E-state index contributed by atoms with van der Waals surface area (Å²) in [5.74, 6) is 0. The Balaban J connectivity index is 0.00000280. The van der Waals surface area contributed by atoms with Gasteiger partial charge in [-0.3, -0.25) is 0 Å². The van der Waals surface area contributed by atoms with Crippen molar-refractivity contribution in [2.45, 2.75) is 12.4 Å². The van der Waals surface area contributed by atoms with Crippen LogP contribution >= 0.6 is 50.9 Å². The smallest absolute Gasteiger partial charge is 0.332 e. The Labute approximate surface area is 183 Å². The first kappa shape index (κ1) is 22.9. The highest BCUT2D eigenvalue weighted by Crippen LogP contribution is 2.38. The van der Waals surface area contributed by atoms with Crippen molar-refractivity contribution in [1.29, 1.82) is 0 Å². The Kier molecular flexibility index (Phi) is 7.03. The van der Waals surface area contributed by atoms with E-state index in [0.717, 1.165) is 20.5 Å². The van der Waals surface area contributed by atoms with Crippen molar-refractivity contribution in [1.82, 2.24) is 4.98 Å². The molecule has 0 fully saturated rings. The Morgan fingerprint density at radius 3 is 1.89 bits per heavy atom. The minimum Gasteiger partial charge on any atom is -0.332 e. The molecule has 11 heteroatoms. The molecular weight excluding hydrogens is 585 g/mol. The highest BCUT2D eigenvalue weighted by Gasteiger charge is 2.37. The molecule has 28 heavy (non-hydrogen) atoms. The van der Waals surface area contributed by atoms with E-state index in [1.165, 1.54) is 0 Å².